The molecule has 8 heteroatoms. The fourth-order valence-electron chi connectivity index (χ4n) is 2.56. The Labute approximate surface area is 139 Å². The van der Waals surface area contributed by atoms with E-state index in [2.05, 4.69) is 35.5 Å². The van der Waals surface area contributed by atoms with E-state index in [0.29, 0.717) is 12.5 Å². The zero-order valence-corrected chi connectivity index (χ0v) is 14.1. The molecule has 0 atom stereocenters. The van der Waals surface area contributed by atoms with Crippen molar-refractivity contribution in [3.8, 4) is 6.07 Å². The summed E-state index contributed by atoms with van der Waals surface area (Å²) in [4.78, 5) is 13.4. The number of piperazine rings is 1. The maximum absolute atomic E-state index is 8.79. The van der Waals surface area contributed by atoms with E-state index in [1.807, 2.05) is 26.1 Å². The first kappa shape index (κ1) is 15.6. The molecule has 1 aliphatic rings. The molecule has 7 nitrogen and oxygen atoms in total. The third-order valence-electron chi connectivity index (χ3n) is 3.77. The van der Waals surface area contributed by atoms with Crippen LogP contribution in [0, 0.1) is 25.2 Å². The molecule has 1 fully saturated rings. The van der Waals surface area contributed by atoms with Gasteiger partial charge in [-0.2, -0.15) is 14.6 Å². The molecule has 0 bridgehead atoms. The van der Waals surface area contributed by atoms with Crippen molar-refractivity contribution in [2.45, 2.75) is 13.8 Å². The van der Waals surface area contributed by atoms with E-state index in [4.69, 9.17) is 5.26 Å². The van der Waals surface area contributed by atoms with Gasteiger partial charge in [-0.25, -0.2) is 4.98 Å². The van der Waals surface area contributed by atoms with Crippen LogP contribution in [0.4, 0.5) is 16.8 Å². The van der Waals surface area contributed by atoms with Gasteiger partial charge in [-0.05, 0) is 31.4 Å². The topological polar surface area (TPSA) is 81.0 Å². The lowest BCUT2D eigenvalue weighted by Crippen LogP contribution is -2.47. The summed E-state index contributed by atoms with van der Waals surface area (Å²) in [6, 6.07) is 4.19. The van der Waals surface area contributed by atoms with Crippen LogP contribution in [0.25, 0.3) is 0 Å². The Morgan fingerprint density at radius 1 is 1.30 bits per heavy atom. The minimum absolute atomic E-state index is 0.494. The van der Waals surface area contributed by atoms with E-state index in [1.54, 1.807) is 0 Å². The predicted octanol–water partition coefficient (Wildman–Crippen LogP) is 1.94. The SMILES string of the molecule is Cc1cc(Nc2ncc(C)c(N3CCN(CC#N)CC3)n2)sn1. The van der Waals surface area contributed by atoms with Crippen molar-refractivity contribution in [2.24, 2.45) is 0 Å². The number of hydrogen-bond acceptors (Lipinski definition) is 8. The molecular formula is C15H19N7S. The molecule has 3 heterocycles. The van der Waals surface area contributed by atoms with E-state index in [-0.39, 0.29) is 0 Å². The standard InChI is InChI=1S/C15H19N7S/c1-11-10-17-15(18-13-9-12(2)20-23-13)19-14(11)22-7-5-21(4-3-16)6-8-22/h9-10H,4-8H2,1-2H3,(H,17,18,19). The number of rotatable bonds is 4. The van der Waals surface area contributed by atoms with Gasteiger partial charge in [0.15, 0.2) is 0 Å². The van der Waals surface area contributed by atoms with E-state index in [0.717, 1.165) is 48.3 Å². The molecule has 0 saturated carbocycles. The summed E-state index contributed by atoms with van der Waals surface area (Å²) >= 11 is 1.40. The number of hydrogen-bond donors (Lipinski definition) is 1. The Kier molecular flexibility index (Phi) is 4.69. The molecule has 1 aliphatic heterocycles. The van der Waals surface area contributed by atoms with E-state index >= 15 is 0 Å². The molecule has 2 aromatic heterocycles. The van der Waals surface area contributed by atoms with Crippen molar-refractivity contribution >= 4 is 28.3 Å². The van der Waals surface area contributed by atoms with E-state index < -0.39 is 0 Å². The summed E-state index contributed by atoms with van der Waals surface area (Å²) in [6.45, 7) is 7.99. The van der Waals surface area contributed by atoms with E-state index in [1.165, 1.54) is 11.5 Å². The van der Waals surface area contributed by atoms with Gasteiger partial charge in [-0.3, -0.25) is 4.90 Å². The van der Waals surface area contributed by atoms with Crippen LogP contribution in [0.2, 0.25) is 0 Å². The third kappa shape index (κ3) is 3.75. The van der Waals surface area contributed by atoms with Crippen LogP contribution in [0.5, 0.6) is 0 Å². The zero-order valence-electron chi connectivity index (χ0n) is 13.3. The van der Waals surface area contributed by atoms with Crippen LogP contribution < -0.4 is 10.2 Å². The molecule has 3 rings (SSSR count). The van der Waals surface area contributed by atoms with Gasteiger partial charge in [0.1, 0.15) is 10.8 Å². The number of nitrogens with zero attached hydrogens (tertiary/aromatic N) is 6. The third-order valence-corrected chi connectivity index (χ3v) is 4.57. The second-order valence-corrected chi connectivity index (χ2v) is 6.38. The van der Waals surface area contributed by atoms with Crippen LogP contribution >= 0.6 is 11.5 Å². The Balaban J connectivity index is 1.72. The molecule has 120 valence electrons. The number of aromatic nitrogens is 3. The quantitative estimate of drug-likeness (QED) is 0.858. The van der Waals surface area contributed by atoms with Gasteiger partial charge < -0.3 is 10.2 Å². The van der Waals surface area contributed by atoms with Crippen LogP contribution in [0.3, 0.4) is 0 Å². The fourth-order valence-corrected chi connectivity index (χ4v) is 3.22. The molecule has 0 aromatic carbocycles. The van der Waals surface area contributed by atoms with E-state index in [9.17, 15) is 0 Å². The highest BCUT2D eigenvalue weighted by atomic mass is 32.1. The minimum Gasteiger partial charge on any atom is -0.354 e. The summed E-state index contributed by atoms with van der Waals surface area (Å²) in [5, 5.41) is 12.9. The van der Waals surface area contributed by atoms with Crippen molar-refractivity contribution in [3.63, 3.8) is 0 Å². The lowest BCUT2D eigenvalue weighted by atomic mass is 10.2. The molecule has 1 saturated heterocycles. The Bertz CT molecular complexity index is 713. The Morgan fingerprint density at radius 2 is 2.09 bits per heavy atom. The molecule has 0 spiro atoms. The van der Waals surface area contributed by atoms with Crippen molar-refractivity contribution in [3.05, 3.63) is 23.5 Å². The summed E-state index contributed by atoms with van der Waals surface area (Å²) in [7, 11) is 0. The highest BCUT2D eigenvalue weighted by Gasteiger charge is 2.19. The fraction of sp³-hybridized carbons (Fsp3) is 0.467. The highest BCUT2D eigenvalue weighted by Crippen LogP contribution is 2.23. The van der Waals surface area contributed by atoms with Gasteiger partial charge in [0, 0.05) is 37.9 Å². The van der Waals surface area contributed by atoms with Crippen LogP contribution in [-0.4, -0.2) is 52.0 Å². The first-order valence-electron chi connectivity index (χ1n) is 7.54. The smallest absolute Gasteiger partial charge is 0.229 e. The predicted molar refractivity (Wildman–Crippen MR) is 91.2 cm³/mol. The first-order chi connectivity index (χ1) is 11.2. The number of aryl methyl sites for hydroxylation is 2. The Morgan fingerprint density at radius 3 is 2.74 bits per heavy atom. The van der Waals surface area contributed by atoms with Gasteiger partial charge in [0.2, 0.25) is 5.95 Å². The maximum atomic E-state index is 8.79. The normalized spacial score (nSPS) is 15.4. The molecule has 2 aromatic rings. The van der Waals surface area contributed by atoms with Crippen molar-refractivity contribution in [1.82, 2.24) is 19.2 Å². The second kappa shape index (κ2) is 6.89. The lowest BCUT2D eigenvalue weighted by Gasteiger charge is -2.34. The molecular weight excluding hydrogens is 310 g/mol. The molecule has 0 amide bonds. The summed E-state index contributed by atoms with van der Waals surface area (Å²) in [5.41, 5.74) is 2.04. The number of anilines is 3. The average Bonchev–Trinajstić information content (AvgIpc) is 2.95. The van der Waals surface area contributed by atoms with Crippen LogP contribution in [0.15, 0.2) is 12.3 Å². The number of nitriles is 1. The van der Waals surface area contributed by atoms with Crippen molar-refractivity contribution in [2.75, 3.05) is 42.9 Å². The van der Waals surface area contributed by atoms with Gasteiger partial charge in [0.05, 0.1) is 18.3 Å². The summed E-state index contributed by atoms with van der Waals surface area (Å²) in [5.74, 6) is 1.55. The Hall–Kier alpha value is -2.24. The van der Waals surface area contributed by atoms with Gasteiger partial charge in [-0.1, -0.05) is 0 Å². The highest BCUT2D eigenvalue weighted by molar-refractivity contribution is 7.10. The number of nitrogens with one attached hydrogen (secondary N) is 1. The summed E-state index contributed by atoms with van der Waals surface area (Å²) < 4.78 is 4.25. The van der Waals surface area contributed by atoms with Crippen LogP contribution in [0.1, 0.15) is 11.3 Å². The summed E-state index contributed by atoms with van der Waals surface area (Å²) in [6.07, 6.45) is 1.85. The zero-order chi connectivity index (χ0) is 16.2. The largest absolute Gasteiger partial charge is 0.354 e. The monoisotopic (exact) mass is 329 g/mol. The van der Waals surface area contributed by atoms with Gasteiger partial charge in [-0.15, -0.1) is 0 Å². The lowest BCUT2D eigenvalue weighted by molar-refractivity contribution is 0.286. The molecule has 23 heavy (non-hydrogen) atoms. The molecule has 0 radical (unpaired) electrons. The second-order valence-electron chi connectivity index (χ2n) is 5.58. The maximum Gasteiger partial charge on any atom is 0.229 e. The molecule has 0 unspecified atom stereocenters. The van der Waals surface area contributed by atoms with Crippen molar-refractivity contribution in [1.29, 1.82) is 5.26 Å². The first-order valence-corrected chi connectivity index (χ1v) is 8.31. The van der Waals surface area contributed by atoms with Gasteiger partial charge >= 0.3 is 0 Å². The van der Waals surface area contributed by atoms with Crippen molar-refractivity contribution < 1.29 is 0 Å². The van der Waals surface area contributed by atoms with Gasteiger partial charge in [0.25, 0.3) is 0 Å². The molecule has 0 aliphatic carbocycles. The minimum atomic E-state index is 0.494. The molecule has 1 N–H and O–H groups in total. The van der Waals surface area contributed by atoms with Crippen LogP contribution in [-0.2, 0) is 0 Å². The average molecular weight is 329 g/mol.